The molecule has 5 nitrogen and oxygen atoms in total. The molecule has 1 heterocycles. The average Bonchev–Trinajstić information content (AvgIpc) is 3.52. The lowest BCUT2D eigenvalue weighted by Gasteiger charge is -2.19. The Kier molecular flexibility index (Phi) is 7.09. The van der Waals surface area contributed by atoms with E-state index in [1.54, 1.807) is 25.4 Å². The number of rotatable bonds is 8. The SMILES string of the molecule is CN=C(NCCc1ccc(Cl)nc1)NC(C)c1ccc(OCC2CC2)c(F)c1. The molecule has 2 N–H and O–H groups in total. The van der Waals surface area contributed by atoms with Crippen molar-refractivity contribution in [2.24, 2.45) is 10.9 Å². The van der Waals surface area contributed by atoms with E-state index in [9.17, 15) is 4.39 Å². The topological polar surface area (TPSA) is 58.5 Å². The molecule has 1 atom stereocenters. The fraction of sp³-hybridized carbons (Fsp3) is 0.429. The Hall–Kier alpha value is -2.34. The minimum atomic E-state index is -0.329. The van der Waals surface area contributed by atoms with Gasteiger partial charge in [-0.25, -0.2) is 9.37 Å². The third kappa shape index (κ3) is 6.09. The number of hydrogen-bond donors (Lipinski definition) is 2. The molecule has 28 heavy (non-hydrogen) atoms. The van der Waals surface area contributed by atoms with Gasteiger partial charge >= 0.3 is 0 Å². The van der Waals surface area contributed by atoms with E-state index in [-0.39, 0.29) is 11.9 Å². The van der Waals surface area contributed by atoms with Crippen LogP contribution in [0.1, 0.15) is 36.9 Å². The maximum atomic E-state index is 14.3. The van der Waals surface area contributed by atoms with Crippen LogP contribution < -0.4 is 15.4 Å². The summed E-state index contributed by atoms with van der Waals surface area (Å²) in [5, 5.41) is 7.02. The summed E-state index contributed by atoms with van der Waals surface area (Å²) in [7, 11) is 1.71. The van der Waals surface area contributed by atoms with Gasteiger partial charge in [0, 0.05) is 19.8 Å². The maximum Gasteiger partial charge on any atom is 0.191 e. The van der Waals surface area contributed by atoms with Crippen molar-refractivity contribution in [1.29, 1.82) is 0 Å². The molecule has 2 aromatic rings. The Morgan fingerprint density at radius 1 is 1.36 bits per heavy atom. The van der Waals surface area contributed by atoms with Gasteiger partial charge in [0.1, 0.15) is 5.15 Å². The van der Waals surface area contributed by atoms with Crippen LogP contribution in [0.4, 0.5) is 4.39 Å². The lowest BCUT2D eigenvalue weighted by molar-refractivity contribution is 0.285. The fourth-order valence-corrected chi connectivity index (χ4v) is 2.87. The number of pyridine rings is 1. The van der Waals surface area contributed by atoms with E-state index >= 15 is 0 Å². The van der Waals surface area contributed by atoms with Gasteiger partial charge in [0.05, 0.1) is 12.6 Å². The van der Waals surface area contributed by atoms with Crippen LogP contribution in [0.15, 0.2) is 41.5 Å². The lowest BCUT2D eigenvalue weighted by Crippen LogP contribution is -2.39. The van der Waals surface area contributed by atoms with Crippen LogP contribution in [0.2, 0.25) is 5.15 Å². The van der Waals surface area contributed by atoms with Gasteiger partial charge in [-0.1, -0.05) is 23.7 Å². The van der Waals surface area contributed by atoms with Gasteiger partial charge in [0.2, 0.25) is 0 Å². The molecule has 1 aromatic heterocycles. The number of guanidine groups is 1. The summed E-state index contributed by atoms with van der Waals surface area (Å²) >= 11 is 5.80. The highest BCUT2D eigenvalue weighted by Gasteiger charge is 2.22. The van der Waals surface area contributed by atoms with Crippen LogP contribution in [0.25, 0.3) is 0 Å². The van der Waals surface area contributed by atoms with Gasteiger partial charge in [0.15, 0.2) is 17.5 Å². The van der Waals surface area contributed by atoms with E-state index in [1.807, 2.05) is 19.1 Å². The zero-order chi connectivity index (χ0) is 19.9. The number of aromatic nitrogens is 1. The number of benzene rings is 1. The van der Waals surface area contributed by atoms with E-state index in [0.717, 1.165) is 17.5 Å². The molecule has 0 spiro atoms. The number of ether oxygens (including phenoxy) is 1. The molecule has 0 radical (unpaired) electrons. The van der Waals surface area contributed by atoms with Crippen molar-refractivity contribution >= 4 is 17.6 Å². The molecule has 1 unspecified atom stereocenters. The first kappa shape index (κ1) is 20.4. The van der Waals surface area contributed by atoms with E-state index in [1.165, 1.54) is 18.9 Å². The standard InChI is InChI=1S/C21H26ClFN4O/c1-14(17-6-7-19(18(23)11-17)28-13-16-3-4-16)27-21(24-2)25-10-9-15-5-8-20(22)26-12-15/h5-8,11-12,14,16H,3-4,9-10,13H2,1-2H3,(H2,24,25,27). The molecule has 0 saturated heterocycles. The zero-order valence-corrected chi connectivity index (χ0v) is 17.0. The van der Waals surface area contributed by atoms with Crippen molar-refractivity contribution in [3.05, 3.63) is 58.6 Å². The second-order valence-corrected chi connectivity index (χ2v) is 7.44. The normalized spacial score (nSPS) is 15.2. The highest BCUT2D eigenvalue weighted by molar-refractivity contribution is 6.29. The second kappa shape index (κ2) is 9.73. The Morgan fingerprint density at radius 2 is 2.18 bits per heavy atom. The van der Waals surface area contributed by atoms with Gasteiger partial charge in [-0.15, -0.1) is 0 Å². The Morgan fingerprint density at radius 3 is 2.82 bits per heavy atom. The molecule has 7 heteroatoms. The smallest absolute Gasteiger partial charge is 0.191 e. The monoisotopic (exact) mass is 404 g/mol. The molecule has 1 fully saturated rings. The summed E-state index contributed by atoms with van der Waals surface area (Å²) in [5.74, 6) is 1.24. The second-order valence-electron chi connectivity index (χ2n) is 7.05. The van der Waals surface area contributed by atoms with Crippen molar-refractivity contribution in [3.8, 4) is 5.75 Å². The van der Waals surface area contributed by atoms with Crippen molar-refractivity contribution < 1.29 is 9.13 Å². The summed E-state index contributed by atoms with van der Waals surface area (Å²) in [5.41, 5.74) is 1.92. The molecular formula is C21H26ClFN4O. The summed E-state index contributed by atoms with van der Waals surface area (Å²) in [6, 6.07) is 8.73. The van der Waals surface area contributed by atoms with Crippen LogP contribution in [-0.4, -0.2) is 31.1 Å². The molecule has 0 amide bonds. The van der Waals surface area contributed by atoms with Gasteiger partial charge in [-0.3, -0.25) is 4.99 Å². The van der Waals surface area contributed by atoms with E-state index < -0.39 is 0 Å². The van der Waals surface area contributed by atoms with Gasteiger partial charge in [-0.2, -0.15) is 0 Å². The highest BCUT2D eigenvalue weighted by Crippen LogP contribution is 2.30. The number of aliphatic imine (C=N–C) groups is 1. The third-order valence-corrected chi connectivity index (χ3v) is 4.92. The number of hydrogen-bond acceptors (Lipinski definition) is 3. The van der Waals surface area contributed by atoms with Gasteiger partial charge < -0.3 is 15.4 Å². The van der Waals surface area contributed by atoms with Gasteiger partial charge in [-0.05, 0) is 61.4 Å². The minimum Gasteiger partial charge on any atom is -0.490 e. The minimum absolute atomic E-state index is 0.101. The van der Waals surface area contributed by atoms with Crippen molar-refractivity contribution in [1.82, 2.24) is 15.6 Å². The van der Waals surface area contributed by atoms with Crippen molar-refractivity contribution in [2.75, 3.05) is 20.2 Å². The molecule has 0 bridgehead atoms. The predicted octanol–water partition coefficient (Wildman–Crippen LogP) is 4.13. The predicted molar refractivity (Wildman–Crippen MR) is 110 cm³/mol. The number of nitrogens with one attached hydrogen (secondary N) is 2. The molecular weight excluding hydrogens is 379 g/mol. The Bertz CT molecular complexity index is 809. The summed E-state index contributed by atoms with van der Waals surface area (Å²) in [6.07, 6.45) is 4.92. The largest absolute Gasteiger partial charge is 0.490 e. The average molecular weight is 405 g/mol. The van der Waals surface area contributed by atoms with Crippen LogP contribution in [0.3, 0.4) is 0 Å². The van der Waals surface area contributed by atoms with Crippen molar-refractivity contribution in [3.63, 3.8) is 0 Å². The molecule has 3 rings (SSSR count). The van der Waals surface area contributed by atoms with Crippen LogP contribution >= 0.6 is 11.6 Å². The first-order chi connectivity index (χ1) is 13.5. The molecule has 150 valence electrons. The molecule has 1 saturated carbocycles. The lowest BCUT2D eigenvalue weighted by atomic mass is 10.1. The first-order valence-electron chi connectivity index (χ1n) is 9.55. The van der Waals surface area contributed by atoms with Crippen LogP contribution in [-0.2, 0) is 6.42 Å². The number of halogens is 2. The van der Waals surface area contributed by atoms with Crippen molar-refractivity contribution in [2.45, 2.75) is 32.2 Å². The van der Waals surface area contributed by atoms with E-state index in [0.29, 0.717) is 35.9 Å². The fourth-order valence-electron chi connectivity index (χ4n) is 2.76. The van der Waals surface area contributed by atoms with Crippen LogP contribution in [0.5, 0.6) is 5.75 Å². The first-order valence-corrected chi connectivity index (χ1v) is 9.93. The Balaban J connectivity index is 1.49. The third-order valence-electron chi connectivity index (χ3n) is 4.70. The van der Waals surface area contributed by atoms with Crippen LogP contribution in [0, 0.1) is 11.7 Å². The molecule has 1 aliphatic carbocycles. The van der Waals surface area contributed by atoms with Gasteiger partial charge in [0.25, 0.3) is 0 Å². The number of nitrogens with zero attached hydrogens (tertiary/aromatic N) is 2. The molecule has 1 aliphatic rings. The van der Waals surface area contributed by atoms with E-state index in [4.69, 9.17) is 16.3 Å². The summed E-state index contributed by atoms with van der Waals surface area (Å²) < 4.78 is 19.9. The summed E-state index contributed by atoms with van der Waals surface area (Å²) in [6.45, 7) is 3.26. The molecule has 1 aromatic carbocycles. The van der Waals surface area contributed by atoms with E-state index in [2.05, 4.69) is 20.6 Å². The Labute approximate surface area is 170 Å². The molecule has 0 aliphatic heterocycles. The summed E-state index contributed by atoms with van der Waals surface area (Å²) in [4.78, 5) is 8.31. The highest BCUT2D eigenvalue weighted by atomic mass is 35.5. The quantitative estimate of drug-likeness (QED) is 0.394. The zero-order valence-electron chi connectivity index (χ0n) is 16.2. The maximum absolute atomic E-state index is 14.3.